The molecule has 0 spiro atoms. The average Bonchev–Trinajstić information content (AvgIpc) is 3.10. The molecule has 2 heterocycles. The Bertz CT molecular complexity index is 1050. The highest BCUT2D eigenvalue weighted by molar-refractivity contribution is 6.76. The molecule has 146 valence electrons. The van der Waals surface area contributed by atoms with Gasteiger partial charge in [0.15, 0.2) is 5.82 Å². The summed E-state index contributed by atoms with van der Waals surface area (Å²) in [6.45, 7) is 2.71. The monoisotopic (exact) mass is 438 g/mol. The van der Waals surface area contributed by atoms with E-state index >= 15 is 0 Å². The summed E-state index contributed by atoms with van der Waals surface area (Å²) >= 11 is 17.1. The number of terminal acetylenes is 1. The Hall–Kier alpha value is -2.04. The molecule has 3 aromatic rings. The van der Waals surface area contributed by atoms with Gasteiger partial charge in [0.2, 0.25) is 0 Å². The van der Waals surface area contributed by atoms with Crippen LogP contribution in [-0.4, -0.2) is 37.4 Å². The van der Waals surface area contributed by atoms with Crippen molar-refractivity contribution in [3.05, 3.63) is 30.6 Å². The molecule has 0 fully saturated rings. The maximum absolute atomic E-state index is 12.2. The molecule has 0 saturated carbocycles. The topological polar surface area (TPSA) is 69.0 Å². The highest BCUT2D eigenvalue weighted by Gasteiger charge is 2.32. The summed E-state index contributed by atoms with van der Waals surface area (Å²) in [6.07, 6.45) is 7.75. The van der Waals surface area contributed by atoms with E-state index in [0.29, 0.717) is 17.6 Å². The van der Waals surface area contributed by atoms with E-state index in [1.165, 1.54) is 0 Å². The summed E-state index contributed by atoms with van der Waals surface area (Å²) in [5, 5.41) is 3.45. The number of aromatic nitrogens is 3. The summed E-state index contributed by atoms with van der Waals surface area (Å²) < 4.78 is 5.42. The number of alkyl halides is 3. The van der Waals surface area contributed by atoms with Crippen LogP contribution in [0, 0.1) is 12.3 Å². The zero-order valence-electron chi connectivity index (χ0n) is 15.0. The maximum Gasteiger partial charge on any atom is 0.277 e. The first-order chi connectivity index (χ1) is 13.4. The number of imidazole rings is 1. The van der Waals surface area contributed by atoms with E-state index in [0.717, 1.165) is 17.3 Å². The van der Waals surface area contributed by atoms with Gasteiger partial charge in [0, 0.05) is 5.39 Å². The Labute approximate surface area is 177 Å². The fourth-order valence-corrected chi connectivity index (χ4v) is 3.08. The summed E-state index contributed by atoms with van der Waals surface area (Å²) in [6, 6.07) is 7.55. The lowest BCUT2D eigenvalue weighted by Crippen LogP contribution is -2.27. The predicted molar refractivity (Wildman–Crippen MR) is 113 cm³/mol. The Morgan fingerprint density at radius 1 is 1.39 bits per heavy atom. The van der Waals surface area contributed by atoms with Crippen molar-refractivity contribution < 1.29 is 9.53 Å². The van der Waals surface area contributed by atoms with E-state index in [-0.39, 0.29) is 18.5 Å². The first-order valence-corrected chi connectivity index (χ1v) is 9.64. The molecule has 9 heteroatoms. The van der Waals surface area contributed by atoms with Gasteiger partial charge >= 0.3 is 0 Å². The summed E-state index contributed by atoms with van der Waals surface area (Å²) in [5.41, 5.74) is 1.98. The highest BCUT2D eigenvalue weighted by Crippen LogP contribution is 2.33. The van der Waals surface area contributed by atoms with Gasteiger partial charge in [-0.05, 0) is 12.5 Å². The number of rotatable bonds is 6. The van der Waals surface area contributed by atoms with E-state index in [4.69, 9.17) is 46.0 Å². The van der Waals surface area contributed by atoms with Crippen LogP contribution in [0.4, 0.5) is 5.82 Å². The molecule has 1 atom stereocenters. The minimum atomic E-state index is -2.11. The van der Waals surface area contributed by atoms with E-state index in [2.05, 4.69) is 21.2 Å². The second-order valence-electron chi connectivity index (χ2n) is 6.06. The molecule has 1 N–H and O–H groups in total. The fourth-order valence-electron chi connectivity index (χ4n) is 2.94. The maximum atomic E-state index is 12.2. The molecule has 0 saturated heterocycles. The molecule has 0 aliphatic rings. The molecule has 0 radical (unpaired) electrons. The molecular formula is C19H17Cl3N4O2. The van der Waals surface area contributed by atoms with Crippen LogP contribution in [0.3, 0.4) is 0 Å². The van der Waals surface area contributed by atoms with Crippen LogP contribution in [0.5, 0.6) is 0 Å². The van der Waals surface area contributed by atoms with Gasteiger partial charge in [-0.1, -0.05) is 65.8 Å². The number of hydrogen-bond acceptors (Lipinski definition) is 4. The summed E-state index contributed by atoms with van der Waals surface area (Å²) in [7, 11) is 0. The number of fused-ring (bicyclic) bond motifs is 3. The number of ether oxygens (including phenoxy) is 1. The number of anilines is 1. The second-order valence-corrected chi connectivity index (χ2v) is 8.34. The van der Waals surface area contributed by atoms with Gasteiger partial charge in [0.05, 0.1) is 30.0 Å². The molecule has 28 heavy (non-hydrogen) atoms. The number of amides is 1. The molecule has 0 aliphatic heterocycles. The lowest BCUT2D eigenvalue weighted by atomic mass is 10.1. The summed E-state index contributed by atoms with van der Waals surface area (Å²) in [4.78, 5) is 21.1. The third-order valence-electron chi connectivity index (χ3n) is 4.26. The van der Waals surface area contributed by atoms with Crippen LogP contribution in [0.15, 0.2) is 30.6 Å². The Morgan fingerprint density at radius 2 is 2.14 bits per heavy atom. The lowest BCUT2D eigenvalue weighted by Gasteiger charge is -2.18. The van der Waals surface area contributed by atoms with Crippen molar-refractivity contribution in [3.8, 4) is 12.3 Å². The summed E-state index contributed by atoms with van der Waals surface area (Å²) in [5.74, 6) is 1.88. The number of pyridine rings is 1. The largest absolute Gasteiger partial charge is 0.367 e. The normalized spacial score (nSPS) is 12.8. The lowest BCUT2D eigenvalue weighted by molar-refractivity contribution is -0.115. The minimum absolute atomic E-state index is 0.000814. The first-order valence-electron chi connectivity index (χ1n) is 8.51. The minimum Gasteiger partial charge on any atom is -0.367 e. The predicted octanol–water partition coefficient (Wildman–Crippen LogP) is 4.49. The molecule has 1 aromatic carbocycles. The van der Waals surface area contributed by atoms with Crippen LogP contribution < -0.4 is 5.32 Å². The van der Waals surface area contributed by atoms with Crippen molar-refractivity contribution >= 4 is 68.5 Å². The van der Waals surface area contributed by atoms with Crippen LogP contribution in [0.25, 0.3) is 21.9 Å². The zero-order chi connectivity index (χ0) is 20.3. The van der Waals surface area contributed by atoms with Crippen LogP contribution in [0.2, 0.25) is 0 Å². The quantitative estimate of drug-likeness (QED) is 0.349. The molecule has 0 bridgehead atoms. The number of carbonyl (C=O) groups is 1. The smallest absolute Gasteiger partial charge is 0.277 e. The number of halogens is 3. The van der Waals surface area contributed by atoms with Crippen molar-refractivity contribution in [1.29, 1.82) is 0 Å². The third kappa shape index (κ3) is 4.18. The van der Waals surface area contributed by atoms with Crippen molar-refractivity contribution in [1.82, 2.24) is 14.5 Å². The van der Waals surface area contributed by atoms with Crippen LogP contribution >= 0.6 is 34.8 Å². The second kappa shape index (κ2) is 8.54. The molecule has 6 nitrogen and oxygen atoms in total. The van der Waals surface area contributed by atoms with Gasteiger partial charge < -0.3 is 14.6 Å². The Kier molecular flexibility index (Phi) is 6.31. The van der Waals surface area contributed by atoms with Crippen molar-refractivity contribution in [2.75, 3.05) is 18.5 Å². The number of hydrogen-bond donors (Lipinski definition) is 1. The molecule has 2 aromatic heterocycles. The van der Waals surface area contributed by atoms with Gasteiger partial charge in [-0.3, -0.25) is 4.79 Å². The molecule has 0 aliphatic carbocycles. The number of nitrogens with one attached hydrogen (secondary N) is 1. The fraction of sp³-hybridized carbons (Fsp3) is 0.316. The first kappa shape index (κ1) is 20.7. The van der Waals surface area contributed by atoms with Gasteiger partial charge in [-0.25, -0.2) is 9.97 Å². The van der Waals surface area contributed by atoms with Gasteiger partial charge in [0.1, 0.15) is 12.1 Å². The van der Waals surface area contributed by atoms with Crippen molar-refractivity contribution in [3.63, 3.8) is 0 Å². The van der Waals surface area contributed by atoms with Crippen molar-refractivity contribution in [2.45, 2.75) is 23.2 Å². The molecule has 0 unspecified atom stereocenters. The highest BCUT2D eigenvalue weighted by atomic mass is 35.6. The van der Waals surface area contributed by atoms with Crippen LogP contribution in [-0.2, 0) is 9.53 Å². The Morgan fingerprint density at radius 3 is 2.82 bits per heavy atom. The standard InChI is InChI=1S/C19H17Cl3N4O2/c1-3-9-28-10-12(4-2)26-11-23-15-16(26)13-7-5-6-8-14(13)24-17(15)25-18(27)19(20,21)22/h1,5-8,11-12H,4,9-10H2,2H3,(H,24,25,27)/t12-/m1/s1. The van der Waals surface area contributed by atoms with E-state index in [1.54, 1.807) is 6.33 Å². The number of nitrogens with zero attached hydrogens (tertiary/aromatic N) is 3. The molecular weight excluding hydrogens is 423 g/mol. The average molecular weight is 440 g/mol. The van der Waals surface area contributed by atoms with Gasteiger partial charge in [-0.2, -0.15) is 0 Å². The van der Waals surface area contributed by atoms with E-state index in [1.807, 2.05) is 35.8 Å². The van der Waals surface area contributed by atoms with E-state index < -0.39 is 9.70 Å². The number of para-hydroxylation sites is 1. The molecule has 3 rings (SSSR count). The number of benzene rings is 1. The number of carbonyl (C=O) groups excluding carboxylic acids is 1. The van der Waals surface area contributed by atoms with E-state index in [9.17, 15) is 4.79 Å². The third-order valence-corrected chi connectivity index (χ3v) is 4.77. The zero-order valence-corrected chi connectivity index (χ0v) is 17.2. The molecule has 1 amide bonds. The Balaban J connectivity index is 2.15. The van der Waals surface area contributed by atoms with Crippen molar-refractivity contribution in [2.24, 2.45) is 0 Å². The SMILES string of the molecule is C#CCOC[C@@H](CC)n1cnc2c(NC(=O)C(Cl)(Cl)Cl)nc3ccccc3c21. The van der Waals surface area contributed by atoms with Crippen LogP contribution in [0.1, 0.15) is 19.4 Å². The van der Waals surface area contributed by atoms with Gasteiger partial charge in [0.25, 0.3) is 9.70 Å². The van der Waals surface area contributed by atoms with Gasteiger partial charge in [-0.15, -0.1) is 6.42 Å².